The van der Waals surface area contributed by atoms with Crippen LogP contribution in [0, 0.1) is 0 Å². The molecule has 5 rings (SSSR count). The van der Waals surface area contributed by atoms with Crippen LogP contribution < -0.4 is 10.5 Å². The second-order valence-corrected chi connectivity index (χ2v) is 10.2. The predicted molar refractivity (Wildman–Crippen MR) is 121 cm³/mol. The second kappa shape index (κ2) is 8.14. The van der Waals surface area contributed by atoms with Gasteiger partial charge in [0.05, 0.1) is 22.1 Å². The number of amides is 1. The first-order valence-corrected chi connectivity index (χ1v) is 12.3. The average Bonchev–Trinajstić information content (AvgIpc) is 3.36. The van der Waals surface area contributed by atoms with Crippen molar-refractivity contribution in [3.05, 3.63) is 64.7 Å². The first kappa shape index (κ1) is 20.8. The number of anilines is 1. The second-order valence-electron chi connectivity index (χ2n) is 8.25. The summed E-state index contributed by atoms with van der Waals surface area (Å²) >= 11 is 0. The van der Waals surface area contributed by atoms with E-state index in [1.165, 1.54) is 15.2 Å². The summed E-state index contributed by atoms with van der Waals surface area (Å²) in [5, 5.41) is 0.471. The molecule has 0 radical (unpaired) electrons. The number of carbonyl (C=O) groups excluding carboxylic acids is 1. The predicted octanol–water partition coefficient (Wildman–Crippen LogP) is 2.16. The fourth-order valence-corrected chi connectivity index (χ4v) is 6.09. The van der Waals surface area contributed by atoms with E-state index in [0.717, 1.165) is 24.8 Å². The van der Waals surface area contributed by atoms with E-state index in [4.69, 9.17) is 0 Å². The molecule has 166 valence electrons. The fraction of sp³-hybridized carbons (Fsp3) is 0.348. The normalized spacial score (nSPS) is 16.9. The SMILES string of the molecule is O=C(Cn1cnc2ccccc2c1=O)N1CCCc2cc(S(=O)(=O)N3CCCC3)ccc21. The van der Waals surface area contributed by atoms with E-state index in [1.54, 1.807) is 41.3 Å². The molecule has 9 heteroatoms. The number of carbonyl (C=O) groups is 1. The Hall–Kier alpha value is -3.04. The van der Waals surface area contributed by atoms with Gasteiger partial charge in [-0.3, -0.25) is 14.2 Å². The first-order chi connectivity index (χ1) is 15.4. The van der Waals surface area contributed by atoms with Crippen molar-refractivity contribution in [1.29, 1.82) is 0 Å². The van der Waals surface area contributed by atoms with Crippen LogP contribution in [0.2, 0.25) is 0 Å². The van der Waals surface area contributed by atoms with E-state index in [9.17, 15) is 18.0 Å². The van der Waals surface area contributed by atoms with Gasteiger partial charge in [-0.2, -0.15) is 4.31 Å². The Morgan fingerprint density at radius 3 is 2.59 bits per heavy atom. The zero-order chi connectivity index (χ0) is 22.3. The highest BCUT2D eigenvalue weighted by atomic mass is 32.2. The number of sulfonamides is 1. The molecule has 3 heterocycles. The van der Waals surface area contributed by atoms with E-state index in [-0.39, 0.29) is 22.9 Å². The van der Waals surface area contributed by atoms with Gasteiger partial charge in [0.15, 0.2) is 0 Å². The minimum Gasteiger partial charge on any atom is -0.311 e. The van der Waals surface area contributed by atoms with Crippen LogP contribution in [0.25, 0.3) is 10.9 Å². The standard InChI is InChI=1S/C23H24N4O4S/c28-22(15-25-16-24-20-8-2-1-7-19(20)23(25)29)27-13-5-6-17-14-18(9-10-21(17)27)32(30,31)26-11-3-4-12-26/h1-2,7-10,14,16H,3-6,11-13,15H2. The summed E-state index contributed by atoms with van der Waals surface area (Å²) in [5.74, 6) is -0.222. The number of aromatic nitrogens is 2. The molecule has 1 saturated heterocycles. The molecule has 1 aromatic heterocycles. The number of rotatable bonds is 4. The van der Waals surface area contributed by atoms with Gasteiger partial charge in [0.1, 0.15) is 6.54 Å². The molecule has 0 saturated carbocycles. The molecule has 1 fully saturated rings. The van der Waals surface area contributed by atoms with E-state index in [1.807, 2.05) is 6.07 Å². The van der Waals surface area contributed by atoms with Crippen molar-refractivity contribution >= 4 is 32.5 Å². The van der Waals surface area contributed by atoms with E-state index in [0.29, 0.717) is 42.6 Å². The van der Waals surface area contributed by atoms with Crippen LogP contribution in [0.3, 0.4) is 0 Å². The smallest absolute Gasteiger partial charge is 0.261 e. The maximum atomic E-state index is 13.1. The van der Waals surface area contributed by atoms with Crippen LogP contribution in [0.1, 0.15) is 24.8 Å². The van der Waals surface area contributed by atoms with Crippen molar-refractivity contribution in [1.82, 2.24) is 13.9 Å². The molecule has 0 aliphatic carbocycles. The molecular formula is C23H24N4O4S. The third kappa shape index (κ3) is 3.61. The first-order valence-electron chi connectivity index (χ1n) is 10.8. The third-order valence-electron chi connectivity index (χ3n) is 6.21. The summed E-state index contributed by atoms with van der Waals surface area (Å²) in [6, 6.07) is 12.0. The van der Waals surface area contributed by atoms with Crippen LogP contribution >= 0.6 is 0 Å². The van der Waals surface area contributed by atoms with E-state index in [2.05, 4.69) is 4.98 Å². The minimum absolute atomic E-state index is 0.121. The lowest BCUT2D eigenvalue weighted by molar-refractivity contribution is -0.119. The van der Waals surface area contributed by atoms with Crippen molar-refractivity contribution in [3.8, 4) is 0 Å². The minimum atomic E-state index is -3.51. The van der Waals surface area contributed by atoms with Crippen molar-refractivity contribution in [2.75, 3.05) is 24.5 Å². The van der Waals surface area contributed by atoms with Crippen LogP contribution in [0.15, 0.2) is 58.5 Å². The zero-order valence-corrected chi connectivity index (χ0v) is 18.4. The molecule has 0 bridgehead atoms. The van der Waals surface area contributed by atoms with Gasteiger partial charge in [0.2, 0.25) is 15.9 Å². The summed E-state index contributed by atoms with van der Waals surface area (Å²) < 4.78 is 28.7. The van der Waals surface area contributed by atoms with Crippen LogP contribution in [-0.2, 0) is 27.8 Å². The highest BCUT2D eigenvalue weighted by molar-refractivity contribution is 7.89. The summed E-state index contributed by atoms with van der Waals surface area (Å²) in [4.78, 5) is 32.1. The Morgan fingerprint density at radius 1 is 1.00 bits per heavy atom. The highest BCUT2D eigenvalue weighted by Crippen LogP contribution is 2.31. The molecule has 0 atom stereocenters. The lowest BCUT2D eigenvalue weighted by Crippen LogP contribution is -2.39. The highest BCUT2D eigenvalue weighted by Gasteiger charge is 2.30. The molecular weight excluding hydrogens is 428 g/mol. The van der Waals surface area contributed by atoms with Crippen LogP contribution in [0.5, 0.6) is 0 Å². The van der Waals surface area contributed by atoms with Crippen LogP contribution in [0.4, 0.5) is 5.69 Å². The number of fused-ring (bicyclic) bond motifs is 2. The number of benzene rings is 2. The van der Waals surface area contributed by atoms with E-state index < -0.39 is 10.0 Å². The number of hydrogen-bond donors (Lipinski definition) is 0. The Kier molecular flexibility index (Phi) is 5.30. The number of nitrogens with zero attached hydrogens (tertiary/aromatic N) is 4. The van der Waals surface area contributed by atoms with Crippen molar-refractivity contribution in [2.45, 2.75) is 37.1 Å². The average molecular weight is 453 g/mol. The molecule has 32 heavy (non-hydrogen) atoms. The molecule has 8 nitrogen and oxygen atoms in total. The van der Waals surface area contributed by atoms with Crippen LogP contribution in [-0.4, -0.2) is 47.8 Å². The van der Waals surface area contributed by atoms with Crippen molar-refractivity contribution in [2.24, 2.45) is 0 Å². The Bertz CT molecular complexity index is 1360. The van der Waals surface area contributed by atoms with Crippen molar-refractivity contribution < 1.29 is 13.2 Å². The van der Waals surface area contributed by atoms with Crippen molar-refractivity contribution in [3.63, 3.8) is 0 Å². The fourth-order valence-electron chi connectivity index (χ4n) is 4.52. The van der Waals surface area contributed by atoms with Gasteiger partial charge >= 0.3 is 0 Å². The van der Waals surface area contributed by atoms with Gasteiger partial charge in [-0.05, 0) is 61.6 Å². The van der Waals surface area contributed by atoms with Gasteiger partial charge < -0.3 is 4.90 Å². The maximum Gasteiger partial charge on any atom is 0.261 e. The molecule has 2 aromatic carbocycles. The maximum absolute atomic E-state index is 13.1. The Morgan fingerprint density at radius 2 is 1.78 bits per heavy atom. The summed E-state index contributed by atoms with van der Waals surface area (Å²) in [7, 11) is -3.51. The molecule has 2 aliphatic rings. The topological polar surface area (TPSA) is 92.6 Å². The van der Waals surface area contributed by atoms with Gasteiger partial charge in [-0.1, -0.05) is 12.1 Å². The molecule has 1 amide bonds. The lowest BCUT2D eigenvalue weighted by atomic mass is 10.0. The summed E-state index contributed by atoms with van der Waals surface area (Å²) in [5.41, 5.74) is 1.89. The molecule has 0 spiro atoms. The van der Waals surface area contributed by atoms with Gasteiger partial charge in [-0.15, -0.1) is 0 Å². The number of para-hydroxylation sites is 1. The number of aryl methyl sites for hydroxylation is 1. The van der Waals surface area contributed by atoms with Gasteiger partial charge in [0.25, 0.3) is 5.56 Å². The summed E-state index contributed by atoms with van der Waals surface area (Å²) in [6.45, 7) is 1.51. The molecule has 3 aromatic rings. The Balaban J connectivity index is 1.42. The molecule has 0 unspecified atom stereocenters. The van der Waals surface area contributed by atoms with E-state index >= 15 is 0 Å². The lowest BCUT2D eigenvalue weighted by Gasteiger charge is -2.30. The van der Waals surface area contributed by atoms with Gasteiger partial charge in [-0.25, -0.2) is 13.4 Å². The number of hydrogen-bond acceptors (Lipinski definition) is 5. The largest absolute Gasteiger partial charge is 0.311 e. The zero-order valence-electron chi connectivity index (χ0n) is 17.6. The molecule has 2 aliphatic heterocycles. The third-order valence-corrected chi connectivity index (χ3v) is 8.11. The molecule has 0 N–H and O–H groups in total. The Labute approximate surface area is 186 Å². The quantitative estimate of drug-likeness (QED) is 0.605. The monoisotopic (exact) mass is 452 g/mol. The van der Waals surface area contributed by atoms with Gasteiger partial charge in [0, 0.05) is 25.3 Å². The summed E-state index contributed by atoms with van der Waals surface area (Å²) in [6.07, 6.45) is 4.61.